The first kappa shape index (κ1) is 12.4. The Balaban J connectivity index is 2.75. The normalized spacial score (nSPS) is 11.6. The zero-order chi connectivity index (χ0) is 12.6. The summed E-state index contributed by atoms with van der Waals surface area (Å²) in [6.07, 6.45) is 2.90. The number of aryl methyl sites for hydroxylation is 1. The fourth-order valence-electron chi connectivity index (χ4n) is 2.14. The summed E-state index contributed by atoms with van der Waals surface area (Å²) < 4.78 is 2.08. The first-order valence-electron chi connectivity index (χ1n) is 5.91. The van der Waals surface area contributed by atoms with Crippen molar-refractivity contribution in [3.63, 3.8) is 0 Å². The lowest BCUT2D eigenvalue weighted by Gasteiger charge is -2.06. The van der Waals surface area contributed by atoms with E-state index in [4.69, 9.17) is 17.3 Å². The zero-order valence-corrected chi connectivity index (χ0v) is 11.3. The Labute approximate surface area is 107 Å². The number of hydrogen-bond acceptors (Lipinski definition) is 2. The molecule has 0 aliphatic carbocycles. The summed E-state index contributed by atoms with van der Waals surface area (Å²) in [7, 11) is 0. The molecule has 0 atom stereocenters. The van der Waals surface area contributed by atoms with Gasteiger partial charge in [0.1, 0.15) is 0 Å². The molecule has 2 aromatic heterocycles. The van der Waals surface area contributed by atoms with E-state index in [1.807, 2.05) is 13.0 Å². The van der Waals surface area contributed by atoms with Crippen molar-refractivity contribution in [1.29, 1.82) is 0 Å². The zero-order valence-electron chi connectivity index (χ0n) is 10.5. The van der Waals surface area contributed by atoms with Gasteiger partial charge in [0.2, 0.25) is 0 Å². The van der Waals surface area contributed by atoms with Gasteiger partial charge in [-0.2, -0.15) is 0 Å². The lowest BCUT2D eigenvalue weighted by atomic mass is 10.1. The van der Waals surface area contributed by atoms with Gasteiger partial charge in [0.25, 0.3) is 0 Å². The van der Waals surface area contributed by atoms with Crippen molar-refractivity contribution >= 4 is 17.2 Å². The molecule has 0 saturated heterocycles. The number of imidazole rings is 1. The Bertz CT molecular complexity index is 543. The molecule has 0 amide bonds. The Morgan fingerprint density at radius 2 is 2.18 bits per heavy atom. The number of rotatable bonds is 3. The summed E-state index contributed by atoms with van der Waals surface area (Å²) in [5, 5.41) is 0.704. The molecule has 0 unspecified atom stereocenters. The molecule has 0 aliphatic rings. The van der Waals surface area contributed by atoms with Crippen LogP contribution in [-0.2, 0) is 6.42 Å². The van der Waals surface area contributed by atoms with Crippen molar-refractivity contribution in [2.24, 2.45) is 5.73 Å². The highest BCUT2D eigenvalue weighted by molar-refractivity contribution is 6.33. The van der Waals surface area contributed by atoms with Gasteiger partial charge in [-0.1, -0.05) is 25.4 Å². The quantitative estimate of drug-likeness (QED) is 0.912. The van der Waals surface area contributed by atoms with Crippen LogP contribution in [0.4, 0.5) is 0 Å². The molecule has 4 heteroatoms. The molecular formula is C13H18ClN3. The van der Waals surface area contributed by atoms with E-state index >= 15 is 0 Å². The van der Waals surface area contributed by atoms with Crippen LogP contribution in [0.15, 0.2) is 12.3 Å². The van der Waals surface area contributed by atoms with Crippen LogP contribution in [0.2, 0.25) is 5.02 Å². The molecule has 0 aromatic carbocycles. The van der Waals surface area contributed by atoms with Crippen molar-refractivity contribution in [3.05, 3.63) is 34.2 Å². The summed E-state index contributed by atoms with van der Waals surface area (Å²) in [5.41, 5.74) is 9.94. The third kappa shape index (κ3) is 2.17. The predicted octanol–water partition coefficient (Wildman–Crippen LogP) is 2.92. The van der Waals surface area contributed by atoms with Crippen LogP contribution in [-0.4, -0.2) is 15.9 Å². The number of nitrogens with zero attached hydrogens (tertiary/aromatic N) is 2. The van der Waals surface area contributed by atoms with Gasteiger partial charge in [0, 0.05) is 18.3 Å². The molecule has 0 radical (unpaired) electrons. The van der Waals surface area contributed by atoms with Crippen LogP contribution in [0, 0.1) is 6.92 Å². The van der Waals surface area contributed by atoms with Crippen LogP contribution < -0.4 is 5.73 Å². The minimum atomic E-state index is 0.382. The number of fused-ring (bicyclic) bond motifs is 1. The first-order chi connectivity index (χ1) is 8.04. The molecule has 0 fully saturated rings. The highest BCUT2D eigenvalue weighted by Gasteiger charge is 2.16. The maximum Gasteiger partial charge on any atom is 0.156 e. The number of nitrogens with two attached hydrogens (primary N) is 1. The van der Waals surface area contributed by atoms with E-state index < -0.39 is 0 Å². The maximum absolute atomic E-state index is 6.24. The van der Waals surface area contributed by atoms with E-state index in [9.17, 15) is 0 Å². The van der Waals surface area contributed by atoms with Crippen molar-refractivity contribution in [3.8, 4) is 0 Å². The lowest BCUT2D eigenvalue weighted by molar-refractivity contribution is 0.791. The fourth-order valence-corrected chi connectivity index (χ4v) is 2.45. The number of pyridine rings is 1. The summed E-state index contributed by atoms with van der Waals surface area (Å²) in [5.74, 6) is 0.382. The Morgan fingerprint density at radius 3 is 2.76 bits per heavy atom. The van der Waals surface area contributed by atoms with Gasteiger partial charge in [-0.3, -0.25) is 0 Å². The lowest BCUT2D eigenvalue weighted by Crippen LogP contribution is -2.08. The van der Waals surface area contributed by atoms with Crippen LogP contribution >= 0.6 is 11.6 Å². The maximum atomic E-state index is 6.24. The highest BCUT2D eigenvalue weighted by atomic mass is 35.5. The van der Waals surface area contributed by atoms with Gasteiger partial charge in [-0.15, -0.1) is 0 Å². The van der Waals surface area contributed by atoms with E-state index in [1.165, 1.54) is 5.69 Å². The molecule has 2 rings (SSSR count). The van der Waals surface area contributed by atoms with Gasteiger partial charge < -0.3 is 10.1 Å². The average molecular weight is 252 g/mol. The smallest absolute Gasteiger partial charge is 0.156 e. The summed E-state index contributed by atoms with van der Waals surface area (Å²) in [6, 6.07) is 1.94. The second-order valence-corrected chi connectivity index (χ2v) is 5.10. The van der Waals surface area contributed by atoms with E-state index in [0.717, 1.165) is 23.3 Å². The number of aromatic nitrogens is 2. The molecule has 0 spiro atoms. The molecule has 2 heterocycles. The third-order valence-corrected chi connectivity index (χ3v) is 3.15. The summed E-state index contributed by atoms with van der Waals surface area (Å²) in [6.45, 7) is 6.94. The third-order valence-electron chi connectivity index (χ3n) is 2.87. The van der Waals surface area contributed by atoms with Crippen LogP contribution in [0.1, 0.15) is 36.7 Å². The van der Waals surface area contributed by atoms with Gasteiger partial charge in [0.05, 0.1) is 10.7 Å². The van der Waals surface area contributed by atoms with Crippen LogP contribution in [0.25, 0.3) is 5.65 Å². The molecule has 17 heavy (non-hydrogen) atoms. The molecule has 0 saturated carbocycles. The van der Waals surface area contributed by atoms with E-state index in [-0.39, 0.29) is 0 Å². The van der Waals surface area contributed by atoms with Crippen molar-refractivity contribution in [2.75, 3.05) is 6.54 Å². The minimum Gasteiger partial charge on any atom is -0.330 e. The van der Waals surface area contributed by atoms with Gasteiger partial charge in [-0.05, 0) is 31.0 Å². The van der Waals surface area contributed by atoms with Crippen LogP contribution in [0.3, 0.4) is 0 Å². The standard InChI is InChI=1S/C13H18ClN3/c1-8(2)12-11(4-5-15)17-7-9(3)6-10(14)13(17)16-12/h6-8H,4-5,15H2,1-3H3. The molecule has 0 bridgehead atoms. The van der Waals surface area contributed by atoms with Gasteiger partial charge in [0.15, 0.2) is 5.65 Å². The van der Waals surface area contributed by atoms with Crippen molar-refractivity contribution < 1.29 is 0 Å². The SMILES string of the molecule is Cc1cc(Cl)c2nc(C(C)C)c(CCN)n2c1. The highest BCUT2D eigenvalue weighted by Crippen LogP contribution is 2.26. The molecule has 92 valence electrons. The second-order valence-electron chi connectivity index (χ2n) is 4.70. The largest absolute Gasteiger partial charge is 0.330 e. The molecule has 0 aliphatic heterocycles. The monoisotopic (exact) mass is 251 g/mol. The molecule has 3 nitrogen and oxygen atoms in total. The first-order valence-corrected chi connectivity index (χ1v) is 6.29. The Morgan fingerprint density at radius 1 is 1.47 bits per heavy atom. The summed E-state index contributed by atoms with van der Waals surface area (Å²) in [4.78, 5) is 4.65. The predicted molar refractivity (Wildman–Crippen MR) is 71.8 cm³/mol. The molecule has 2 N–H and O–H groups in total. The minimum absolute atomic E-state index is 0.382. The number of hydrogen-bond donors (Lipinski definition) is 1. The van der Waals surface area contributed by atoms with E-state index in [1.54, 1.807) is 0 Å². The van der Waals surface area contributed by atoms with Crippen LogP contribution in [0.5, 0.6) is 0 Å². The van der Waals surface area contributed by atoms with Gasteiger partial charge >= 0.3 is 0 Å². The molecule has 2 aromatic rings. The van der Waals surface area contributed by atoms with E-state index in [2.05, 4.69) is 29.4 Å². The number of halogens is 1. The molecular weight excluding hydrogens is 234 g/mol. The van der Waals surface area contributed by atoms with Crippen molar-refractivity contribution in [2.45, 2.75) is 33.1 Å². The fraction of sp³-hybridized carbons (Fsp3) is 0.462. The Kier molecular flexibility index (Phi) is 3.40. The average Bonchev–Trinajstić information content (AvgIpc) is 2.58. The van der Waals surface area contributed by atoms with E-state index in [0.29, 0.717) is 17.5 Å². The Hall–Kier alpha value is -1.06. The summed E-state index contributed by atoms with van der Waals surface area (Å²) >= 11 is 6.24. The second kappa shape index (κ2) is 4.67. The van der Waals surface area contributed by atoms with Crippen molar-refractivity contribution in [1.82, 2.24) is 9.38 Å². The topological polar surface area (TPSA) is 43.3 Å². The van der Waals surface area contributed by atoms with Gasteiger partial charge in [-0.25, -0.2) is 4.98 Å².